The Hall–Kier alpha value is -2.22. The number of nitrogens with one attached hydrogen (secondary N) is 1. The molecule has 0 aliphatic carbocycles. The highest BCUT2D eigenvalue weighted by Gasteiger charge is 2.11. The number of benzene rings is 1. The van der Waals surface area contributed by atoms with Crippen molar-refractivity contribution in [1.82, 2.24) is 19.5 Å². The van der Waals surface area contributed by atoms with E-state index in [0.29, 0.717) is 17.1 Å². The van der Waals surface area contributed by atoms with Gasteiger partial charge in [-0.1, -0.05) is 29.8 Å². The van der Waals surface area contributed by atoms with Gasteiger partial charge >= 0.3 is 0 Å². The van der Waals surface area contributed by atoms with Crippen LogP contribution in [-0.4, -0.2) is 29.7 Å². The number of halogens is 1. The van der Waals surface area contributed by atoms with Gasteiger partial charge < -0.3 is 0 Å². The molecule has 0 aliphatic rings. The highest BCUT2D eigenvalue weighted by molar-refractivity contribution is 7.88. The van der Waals surface area contributed by atoms with E-state index in [4.69, 9.17) is 11.6 Å². The largest absolute Gasteiger partial charge is 0.271 e. The molecule has 0 amide bonds. The molecule has 1 N–H and O–H groups in total. The summed E-state index contributed by atoms with van der Waals surface area (Å²) in [6.07, 6.45) is 3.51. The minimum atomic E-state index is -3.41. The van der Waals surface area contributed by atoms with Crippen molar-refractivity contribution in [3.05, 3.63) is 71.5 Å². The van der Waals surface area contributed by atoms with E-state index in [2.05, 4.69) is 14.8 Å². The van der Waals surface area contributed by atoms with Crippen LogP contribution in [0.15, 0.2) is 60.9 Å². The molecule has 8 heteroatoms. The molecule has 2 aromatic heterocycles. The summed E-state index contributed by atoms with van der Waals surface area (Å²) in [6.45, 7) is 0.700. The van der Waals surface area contributed by atoms with Crippen LogP contribution in [0.5, 0.6) is 0 Å². The summed E-state index contributed by atoms with van der Waals surface area (Å²) in [4.78, 5) is 4.24. The summed E-state index contributed by atoms with van der Waals surface area (Å²) in [5.74, 6) is -0.0809. The maximum Gasteiger partial charge on any atom is 0.215 e. The lowest BCUT2D eigenvalue weighted by atomic mass is 10.2. The van der Waals surface area contributed by atoms with Crippen molar-refractivity contribution >= 4 is 21.6 Å². The zero-order chi connectivity index (χ0) is 17.7. The topological polar surface area (TPSA) is 76.9 Å². The molecule has 0 spiro atoms. The van der Waals surface area contributed by atoms with Gasteiger partial charge in [0.05, 0.1) is 18.0 Å². The van der Waals surface area contributed by atoms with Gasteiger partial charge in [0.25, 0.3) is 0 Å². The second kappa shape index (κ2) is 7.77. The maximum absolute atomic E-state index is 12.1. The second-order valence-corrected chi connectivity index (χ2v) is 7.70. The third-order valence-corrected chi connectivity index (χ3v) is 5.11. The number of aromatic nitrogens is 3. The van der Waals surface area contributed by atoms with Crippen LogP contribution in [0.2, 0.25) is 5.02 Å². The van der Waals surface area contributed by atoms with E-state index in [0.717, 1.165) is 11.4 Å². The number of rotatable bonds is 7. The molecular weight excluding hydrogens is 360 g/mol. The van der Waals surface area contributed by atoms with Crippen molar-refractivity contribution in [3.8, 4) is 11.4 Å². The Balaban J connectivity index is 1.54. The summed E-state index contributed by atoms with van der Waals surface area (Å²) >= 11 is 5.80. The molecule has 0 saturated carbocycles. The summed E-state index contributed by atoms with van der Waals surface area (Å²) < 4.78 is 28.5. The molecule has 3 rings (SSSR count). The van der Waals surface area contributed by atoms with Gasteiger partial charge in [0, 0.05) is 24.0 Å². The normalized spacial score (nSPS) is 11.6. The Morgan fingerprint density at radius 3 is 2.56 bits per heavy atom. The molecule has 0 unspecified atom stereocenters. The van der Waals surface area contributed by atoms with E-state index in [1.54, 1.807) is 41.3 Å². The van der Waals surface area contributed by atoms with E-state index in [9.17, 15) is 8.42 Å². The molecule has 0 atom stereocenters. The third-order valence-electron chi connectivity index (χ3n) is 3.50. The van der Waals surface area contributed by atoms with Crippen LogP contribution in [0.3, 0.4) is 0 Å². The fourth-order valence-corrected chi connectivity index (χ4v) is 3.57. The van der Waals surface area contributed by atoms with Crippen LogP contribution < -0.4 is 4.72 Å². The molecule has 0 saturated heterocycles. The minimum Gasteiger partial charge on any atom is -0.271 e. The molecular formula is C17H17ClN4O2S. The van der Waals surface area contributed by atoms with Gasteiger partial charge in [-0.3, -0.25) is 9.67 Å². The average Bonchev–Trinajstić information content (AvgIpc) is 3.06. The van der Waals surface area contributed by atoms with Crippen LogP contribution in [-0.2, 0) is 22.3 Å². The summed E-state index contributed by atoms with van der Waals surface area (Å²) in [6, 6.07) is 14.2. The quantitative estimate of drug-likeness (QED) is 0.687. The van der Waals surface area contributed by atoms with Crippen LogP contribution in [0, 0.1) is 0 Å². The van der Waals surface area contributed by atoms with Crippen LogP contribution in [0.4, 0.5) is 0 Å². The molecule has 6 nitrogen and oxygen atoms in total. The first-order valence-electron chi connectivity index (χ1n) is 7.68. The molecule has 2 heterocycles. The minimum absolute atomic E-state index is 0.0809. The Morgan fingerprint density at radius 1 is 1.04 bits per heavy atom. The van der Waals surface area contributed by atoms with Gasteiger partial charge in [-0.25, -0.2) is 13.1 Å². The number of nitrogens with zero attached hydrogens (tertiary/aromatic N) is 3. The molecule has 0 bridgehead atoms. The highest BCUT2D eigenvalue weighted by atomic mass is 35.5. The van der Waals surface area contributed by atoms with Crippen molar-refractivity contribution in [2.24, 2.45) is 0 Å². The lowest BCUT2D eigenvalue weighted by Gasteiger charge is -2.07. The van der Waals surface area contributed by atoms with Gasteiger partial charge in [-0.2, -0.15) is 5.10 Å². The van der Waals surface area contributed by atoms with Crippen molar-refractivity contribution in [1.29, 1.82) is 0 Å². The van der Waals surface area contributed by atoms with Crippen molar-refractivity contribution in [3.63, 3.8) is 0 Å². The summed E-state index contributed by atoms with van der Waals surface area (Å²) in [5, 5.41) is 4.98. The molecule has 1 aromatic carbocycles. The Kier molecular flexibility index (Phi) is 5.47. The smallest absolute Gasteiger partial charge is 0.215 e. The predicted octanol–water partition coefficient (Wildman–Crippen LogP) is 2.72. The number of hydrogen-bond donors (Lipinski definition) is 1. The zero-order valence-electron chi connectivity index (χ0n) is 13.3. The number of sulfonamides is 1. The average molecular weight is 377 g/mol. The first-order chi connectivity index (χ1) is 12.0. The van der Waals surface area contributed by atoms with Crippen molar-refractivity contribution in [2.45, 2.75) is 12.3 Å². The van der Waals surface area contributed by atoms with E-state index in [1.807, 2.05) is 24.3 Å². The van der Waals surface area contributed by atoms with Gasteiger partial charge in [0.1, 0.15) is 5.69 Å². The standard InChI is InChI=1S/C17H17ClN4O2S/c18-15-6-4-14(5-7-15)13-25(23,24)20-10-12-22-11-8-17(21-22)16-3-1-2-9-19-16/h1-9,11,20H,10,12-13H2. The van der Waals surface area contributed by atoms with Crippen molar-refractivity contribution in [2.75, 3.05) is 6.54 Å². The Labute approximate surface area is 151 Å². The highest BCUT2D eigenvalue weighted by Crippen LogP contribution is 2.13. The van der Waals surface area contributed by atoms with Crippen LogP contribution in [0.25, 0.3) is 11.4 Å². The number of pyridine rings is 1. The van der Waals surface area contributed by atoms with Crippen LogP contribution in [0.1, 0.15) is 5.56 Å². The van der Waals surface area contributed by atoms with Crippen molar-refractivity contribution < 1.29 is 8.42 Å². The fourth-order valence-electron chi connectivity index (χ4n) is 2.30. The number of hydrogen-bond acceptors (Lipinski definition) is 4. The van der Waals surface area contributed by atoms with E-state index >= 15 is 0 Å². The molecule has 3 aromatic rings. The summed E-state index contributed by atoms with van der Waals surface area (Å²) in [5.41, 5.74) is 2.22. The van der Waals surface area contributed by atoms with Gasteiger partial charge in [-0.05, 0) is 35.9 Å². The first kappa shape index (κ1) is 17.6. The molecule has 25 heavy (non-hydrogen) atoms. The Bertz CT molecular complexity index is 925. The molecule has 0 aliphatic heterocycles. The van der Waals surface area contributed by atoms with Gasteiger partial charge in [-0.15, -0.1) is 0 Å². The lowest BCUT2D eigenvalue weighted by Crippen LogP contribution is -2.28. The van der Waals surface area contributed by atoms with Gasteiger partial charge in [0.2, 0.25) is 10.0 Å². The third kappa shape index (κ3) is 5.12. The zero-order valence-corrected chi connectivity index (χ0v) is 14.9. The van der Waals surface area contributed by atoms with Gasteiger partial charge in [0.15, 0.2) is 0 Å². The lowest BCUT2D eigenvalue weighted by molar-refractivity contribution is 0.560. The molecule has 0 radical (unpaired) electrons. The first-order valence-corrected chi connectivity index (χ1v) is 9.71. The SMILES string of the molecule is O=S(=O)(Cc1ccc(Cl)cc1)NCCn1ccc(-c2ccccn2)n1. The van der Waals surface area contributed by atoms with E-state index in [1.165, 1.54) is 0 Å². The second-order valence-electron chi connectivity index (χ2n) is 5.46. The fraction of sp³-hybridized carbons (Fsp3) is 0.176. The summed E-state index contributed by atoms with van der Waals surface area (Å²) in [7, 11) is -3.41. The monoisotopic (exact) mass is 376 g/mol. The Morgan fingerprint density at radius 2 is 1.84 bits per heavy atom. The van der Waals surface area contributed by atoms with Crippen LogP contribution >= 0.6 is 11.6 Å². The van der Waals surface area contributed by atoms with E-state index in [-0.39, 0.29) is 12.3 Å². The maximum atomic E-state index is 12.1. The van der Waals surface area contributed by atoms with E-state index < -0.39 is 10.0 Å². The molecule has 0 fully saturated rings. The molecule has 130 valence electrons. The predicted molar refractivity (Wildman–Crippen MR) is 97.5 cm³/mol.